The van der Waals surface area contributed by atoms with E-state index in [-0.39, 0.29) is 0 Å². The minimum Gasteiger partial charge on any atom is -0.494 e. The van der Waals surface area contributed by atoms with Crippen LogP contribution in [0.25, 0.3) is 11.1 Å². The van der Waals surface area contributed by atoms with Crippen molar-refractivity contribution in [3.8, 4) is 22.6 Å². The quantitative estimate of drug-likeness (QED) is 0.0731. The van der Waals surface area contributed by atoms with Gasteiger partial charge in [0.15, 0.2) is 0 Å². The average molecular weight is 636 g/mol. The third kappa shape index (κ3) is 21.7. The predicted octanol–water partition coefficient (Wildman–Crippen LogP) is 14.5. The molecule has 0 bridgehead atoms. The Kier molecular flexibility index (Phi) is 26.5. The molecule has 3 heteroatoms. The number of unbranched alkanes of at least 4 members (excludes halogenated alkanes) is 26. The third-order valence-electron chi connectivity index (χ3n) is 9.45. The smallest absolute Gasteiger partial charge is 0.127 e. The summed E-state index contributed by atoms with van der Waals surface area (Å²) < 4.78 is 12.5. The van der Waals surface area contributed by atoms with Gasteiger partial charge in [0.2, 0.25) is 0 Å². The summed E-state index contributed by atoms with van der Waals surface area (Å²) in [5.41, 5.74) is 2.16. The molecule has 0 aliphatic rings. The first-order chi connectivity index (χ1) is 22.8. The second-order valence-corrected chi connectivity index (χ2v) is 13.8. The normalized spacial score (nSPS) is 11.3. The van der Waals surface area contributed by atoms with Crippen molar-refractivity contribution < 1.29 is 9.47 Å². The zero-order valence-electron chi connectivity index (χ0n) is 30.5. The molecular weight excluding hydrogens is 562 g/mol. The number of aromatic nitrogens is 1. The fraction of sp³-hybridized carbons (Fsp3) is 0.744. The molecule has 2 rings (SSSR count). The lowest BCUT2D eigenvalue weighted by Crippen LogP contribution is -2.01. The minimum absolute atomic E-state index is 0.768. The molecule has 262 valence electrons. The van der Waals surface area contributed by atoms with Crippen molar-refractivity contribution in [2.45, 2.75) is 194 Å². The van der Waals surface area contributed by atoms with E-state index in [1.807, 2.05) is 18.5 Å². The number of hydrogen-bond acceptors (Lipinski definition) is 3. The van der Waals surface area contributed by atoms with Gasteiger partial charge in [0, 0.05) is 23.5 Å². The van der Waals surface area contributed by atoms with Gasteiger partial charge < -0.3 is 9.47 Å². The maximum absolute atomic E-state index is 6.30. The lowest BCUT2D eigenvalue weighted by Gasteiger charge is -2.14. The van der Waals surface area contributed by atoms with Crippen LogP contribution in [-0.4, -0.2) is 18.2 Å². The van der Waals surface area contributed by atoms with Gasteiger partial charge in [-0.3, -0.25) is 4.98 Å². The summed E-state index contributed by atoms with van der Waals surface area (Å²) in [5, 5.41) is 0. The van der Waals surface area contributed by atoms with E-state index < -0.39 is 0 Å². The largest absolute Gasteiger partial charge is 0.494 e. The summed E-state index contributed by atoms with van der Waals surface area (Å²) in [7, 11) is 0. The zero-order chi connectivity index (χ0) is 32.6. The molecule has 46 heavy (non-hydrogen) atoms. The number of nitrogens with zero attached hydrogens (tertiary/aromatic N) is 1. The Morgan fingerprint density at radius 2 is 0.870 bits per heavy atom. The number of benzene rings is 1. The van der Waals surface area contributed by atoms with Crippen LogP contribution in [0.3, 0.4) is 0 Å². The van der Waals surface area contributed by atoms with E-state index in [0.29, 0.717) is 0 Å². The predicted molar refractivity (Wildman–Crippen MR) is 201 cm³/mol. The molecule has 0 radical (unpaired) electrons. The second kappa shape index (κ2) is 30.3. The van der Waals surface area contributed by atoms with Crippen molar-refractivity contribution in [1.29, 1.82) is 0 Å². The molecule has 2 aromatic rings. The molecule has 0 saturated heterocycles. The average Bonchev–Trinajstić information content (AvgIpc) is 3.09. The Balaban J connectivity index is 1.54. The minimum atomic E-state index is 0.768. The van der Waals surface area contributed by atoms with E-state index in [2.05, 4.69) is 43.1 Å². The zero-order valence-corrected chi connectivity index (χ0v) is 30.5. The van der Waals surface area contributed by atoms with Gasteiger partial charge in [-0.15, -0.1) is 0 Å². The highest BCUT2D eigenvalue weighted by molar-refractivity contribution is 5.71. The topological polar surface area (TPSA) is 31.4 Å². The fourth-order valence-corrected chi connectivity index (χ4v) is 6.44. The molecule has 0 fully saturated rings. The van der Waals surface area contributed by atoms with Crippen LogP contribution in [0.2, 0.25) is 0 Å². The first-order valence-electron chi connectivity index (χ1n) is 20.1. The molecule has 0 unspecified atom stereocenters. The molecule has 0 amide bonds. The molecule has 0 N–H and O–H groups in total. The number of ether oxygens (including phenoxy) is 2. The Bertz CT molecular complexity index is 914. The molecule has 1 heterocycles. The van der Waals surface area contributed by atoms with Crippen LogP contribution in [-0.2, 0) is 0 Å². The Morgan fingerprint density at radius 3 is 1.28 bits per heavy atom. The maximum Gasteiger partial charge on any atom is 0.127 e. The van der Waals surface area contributed by atoms with Gasteiger partial charge in [0.25, 0.3) is 0 Å². The van der Waals surface area contributed by atoms with Gasteiger partial charge in [-0.2, -0.15) is 0 Å². The summed E-state index contributed by atoms with van der Waals surface area (Å²) in [5.74, 6) is 1.86. The molecule has 3 nitrogen and oxygen atoms in total. The molecule has 0 atom stereocenters. The fourth-order valence-electron chi connectivity index (χ4n) is 6.44. The molecule has 0 aliphatic carbocycles. The SMILES string of the molecule is CCCCCCCCCCCCCCCCOc1ccc(OCCCCCCCCCCCCCCCC)c(-c2cccnc2)c1. The molecule has 1 aromatic carbocycles. The van der Waals surface area contributed by atoms with Crippen molar-refractivity contribution >= 4 is 0 Å². The summed E-state index contributed by atoms with van der Waals surface area (Å²) in [4.78, 5) is 4.36. The molecule has 0 aliphatic heterocycles. The van der Waals surface area contributed by atoms with Crippen molar-refractivity contribution in [2.24, 2.45) is 0 Å². The van der Waals surface area contributed by atoms with Crippen LogP contribution in [0.4, 0.5) is 0 Å². The number of hydrogen-bond donors (Lipinski definition) is 0. The van der Waals surface area contributed by atoms with Gasteiger partial charge in [-0.05, 0) is 37.1 Å². The van der Waals surface area contributed by atoms with E-state index in [1.165, 1.54) is 167 Å². The Morgan fingerprint density at radius 1 is 0.457 bits per heavy atom. The first-order valence-corrected chi connectivity index (χ1v) is 20.1. The molecule has 0 spiro atoms. The van der Waals surface area contributed by atoms with E-state index >= 15 is 0 Å². The summed E-state index contributed by atoms with van der Waals surface area (Å²) in [6, 6.07) is 10.4. The van der Waals surface area contributed by atoms with E-state index in [9.17, 15) is 0 Å². The van der Waals surface area contributed by atoms with Crippen LogP contribution in [0.1, 0.15) is 194 Å². The van der Waals surface area contributed by atoms with Gasteiger partial charge in [-0.25, -0.2) is 0 Å². The van der Waals surface area contributed by atoms with Crippen molar-refractivity contribution in [3.63, 3.8) is 0 Å². The maximum atomic E-state index is 6.30. The molecular formula is C43H73NO2. The van der Waals surface area contributed by atoms with Crippen LogP contribution in [0.15, 0.2) is 42.7 Å². The summed E-state index contributed by atoms with van der Waals surface area (Å²) in [6.45, 7) is 6.14. The Labute approximate surface area is 286 Å². The van der Waals surface area contributed by atoms with Gasteiger partial charge in [0.1, 0.15) is 11.5 Å². The Hall–Kier alpha value is -2.03. The van der Waals surface area contributed by atoms with Crippen molar-refractivity contribution in [2.75, 3.05) is 13.2 Å². The van der Waals surface area contributed by atoms with Gasteiger partial charge >= 0.3 is 0 Å². The van der Waals surface area contributed by atoms with E-state index in [1.54, 1.807) is 0 Å². The van der Waals surface area contributed by atoms with Crippen LogP contribution in [0.5, 0.6) is 11.5 Å². The highest BCUT2D eigenvalue weighted by Gasteiger charge is 2.09. The van der Waals surface area contributed by atoms with E-state index in [0.717, 1.165) is 48.7 Å². The van der Waals surface area contributed by atoms with Crippen LogP contribution in [0, 0.1) is 0 Å². The summed E-state index contributed by atoms with van der Waals surface area (Å²) >= 11 is 0. The second-order valence-electron chi connectivity index (χ2n) is 13.8. The monoisotopic (exact) mass is 636 g/mol. The third-order valence-corrected chi connectivity index (χ3v) is 9.45. The van der Waals surface area contributed by atoms with Crippen LogP contribution < -0.4 is 9.47 Å². The van der Waals surface area contributed by atoms with Gasteiger partial charge in [-0.1, -0.05) is 187 Å². The number of rotatable bonds is 33. The van der Waals surface area contributed by atoms with Crippen molar-refractivity contribution in [1.82, 2.24) is 4.98 Å². The van der Waals surface area contributed by atoms with Crippen molar-refractivity contribution in [3.05, 3.63) is 42.7 Å². The highest BCUT2D eigenvalue weighted by atomic mass is 16.5. The standard InChI is InChI=1S/C43H73NO2/c1-3-5-7-9-11-13-15-17-19-21-23-25-27-29-36-45-41-33-34-43(42(38-41)40-32-31-35-44-39-40)46-37-30-28-26-24-22-20-18-16-14-12-10-8-6-4-2/h31-35,38-39H,3-30,36-37H2,1-2H3. The van der Waals surface area contributed by atoms with Gasteiger partial charge in [0.05, 0.1) is 13.2 Å². The lowest BCUT2D eigenvalue weighted by molar-refractivity contribution is 0.297. The summed E-state index contributed by atoms with van der Waals surface area (Å²) in [6.07, 6.45) is 42.2. The number of pyridine rings is 1. The lowest BCUT2D eigenvalue weighted by atomic mass is 10.0. The molecule has 1 aromatic heterocycles. The molecule has 0 saturated carbocycles. The highest BCUT2D eigenvalue weighted by Crippen LogP contribution is 2.33. The van der Waals surface area contributed by atoms with Crippen LogP contribution >= 0.6 is 0 Å². The first kappa shape index (κ1) is 40.1. The van der Waals surface area contributed by atoms with E-state index in [4.69, 9.17) is 9.47 Å².